The van der Waals surface area contributed by atoms with E-state index in [4.69, 9.17) is 10.5 Å². The maximum Gasteiger partial charge on any atom is 0.411 e. The number of ether oxygens (including phenoxy) is 1. The molecule has 202 valence electrons. The number of nitrogens with zero attached hydrogens (tertiary/aromatic N) is 1. The molecule has 2 fully saturated rings. The molecule has 38 heavy (non-hydrogen) atoms. The van der Waals surface area contributed by atoms with Crippen LogP contribution in [-0.2, 0) is 20.3 Å². The average Bonchev–Trinajstić information content (AvgIpc) is 3.39. The number of carbonyl (C=O) groups excluding carboxylic acids is 1. The van der Waals surface area contributed by atoms with Crippen molar-refractivity contribution in [2.75, 3.05) is 12.8 Å². The van der Waals surface area contributed by atoms with E-state index in [0.29, 0.717) is 41.4 Å². The van der Waals surface area contributed by atoms with Gasteiger partial charge in [0.25, 0.3) is 0 Å². The molecule has 1 aromatic heterocycles. The lowest BCUT2D eigenvalue weighted by atomic mass is 9.82. The molecule has 3 aromatic rings. The largest absolute Gasteiger partial charge is 0.477 e. The molecule has 0 radical (unpaired) electrons. The van der Waals surface area contributed by atoms with Crippen LogP contribution in [0.3, 0.4) is 0 Å². The topological polar surface area (TPSA) is 143 Å². The number of nitrogens with one attached hydrogen (secondary N) is 1. The highest BCUT2D eigenvalue weighted by Gasteiger charge is 2.48. The number of carboxylic acid groups (broad SMARTS) is 1. The van der Waals surface area contributed by atoms with Crippen molar-refractivity contribution < 1.29 is 32.2 Å². The number of halogens is 1. The van der Waals surface area contributed by atoms with E-state index in [9.17, 15) is 27.5 Å². The molecular formula is C27H30FN3O6S. The molecule has 1 spiro atoms. The molecule has 1 atom stereocenters. The minimum absolute atomic E-state index is 0.00687. The number of sulfone groups is 1. The molecule has 1 unspecified atom stereocenters. The number of hydrogen-bond donors (Lipinski definition) is 3. The second-order valence-electron chi connectivity index (χ2n) is 10.5. The van der Waals surface area contributed by atoms with Crippen LogP contribution < -0.4 is 5.73 Å². The average molecular weight is 544 g/mol. The van der Waals surface area contributed by atoms with Crippen LogP contribution in [0, 0.1) is 5.82 Å². The number of benzene rings is 2. The highest BCUT2D eigenvalue weighted by Crippen LogP contribution is 2.42. The molecule has 4 N–H and O–H groups in total. The fourth-order valence-electron chi connectivity index (χ4n) is 5.69. The first-order valence-electron chi connectivity index (χ1n) is 12.5. The van der Waals surface area contributed by atoms with Crippen LogP contribution in [-0.4, -0.2) is 59.9 Å². The van der Waals surface area contributed by atoms with Crippen LogP contribution in [0.4, 0.5) is 9.18 Å². The van der Waals surface area contributed by atoms with Gasteiger partial charge in [0.05, 0.1) is 23.9 Å². The van der Waals surface area contributed by atoms with Crippen LogP contribution in [0.15, 0.2) is 36.4 Å². The van der Waals surface area contributed by atoms with Crippen LogP contribution in [0.25, 0.3) is 22.0 Å². The summed E-state index contributed by atoms with van der Waals surface area (Å²) in [5.41, 5.74) is 7.17. The van der Waals surface area contributed by atoms with Crippen molar-refractivity contribution in [3.8, 4) is 11.1 Å². The zero-order chi connectivity index (χ0) is 27.4. The van der Waals surface area contributed by atoms with Crippen LogP contribution in [0.1, 0.15) is 60.3 Å². The Kier molecular flexibility index (Phi) is 6.47. The van der Waals surface area contributed by atoms with Gasteiger partial charge in [0.2, 0.25) is 0 Å². The lowest BCUT2D eigenvalue weighted by Gasteiger charge is -2.34. The van der Waals surface area contributed by atoms with Crippen LogP contribution >= 0.6 is 0 Å². The summed E-state index contributed by atoms with van der Waals surface area (Å²) in [7, 11) is -3.45. The summed E-state index contributed by atoms with van der Waals surface area (Å²) >= 11 is 0. The third kappa shape index (κ3) is 4.76. The number of carboxylic acids is 1. The molecule has 0 bridgehead atoms. The molecular weight excluding hydrogens is 513 g/mol. The molecule has 1 amide bonds. The van der Waals surface area contributed by atoms with Crippen molar-refractivity contribution in [1.29, 1.82) is 0 Å². The Bertz CT molecular complexity index is 1540. The molecule has 11 heteroatoms. The maximum absolute atomic E-state index is 14.9. The van der Waals surface area contributed by atoms with Crippen molar-refractivity contribution in [1.82, 2.24) is 9.88 Å². The predicted molar refractivity (Wildman–Crippen MR) is 140 cm³/mol. The molecule has 1 saturated carbocycles. The molecule has 1 aliphatic carbocycles. The van der Waals surface area contributed by atoms with Gasteiger partial charge in [-0.15, -0.1) is 0 Å². The second-order valence-corrected chi connectivity index (χ2v) is 12.7. The van der Waals surface area contributed by atoms with Gasteiger partial charge in [-0.1, -0.05) is 30.3 Å². The van der Waals surface area contributed by atoms with Crippen molar-refractivity contribution >= 4 is 32.8 Å². The third-order valence-corrected chi connectivity index (χ3v) is 8.53. The van der Waals surface area contributed by atoms with E-state index in [1.165, 1.54) is 12.1 Å². The smallest absolute Gasteiger partial charge is 0.411 e. The van der Waals surface area contributed by atoms with Gasteiger partial charge in [0.1, 0.15) is 17.1 Å². The van der Waals surface area contributed by atoms with E-state index in [2.05, 4.69) is 4.98 Å². The standard InChI is InChI=1S/C27H30FN3O6S/c1-15(31-14-27(37-26(31)34)10-8-18(29)9-11-27)19-4-3-5-20-22(24(25(32)33)30-23(19)20)16-6-7-17(21(28)12-16)13-38(2,35)36/h3-7,12,15,18,30H,8-11,13-14,29H2,1-2H3,(H,32,33). The number of aromatic nitrogens is 1. The summed E-state index contributed by atoms with van der Waals surface area (Å²) in [5.74, 6) is -2.42. The van der Waals surface area contributed by atoms with Gasteiger partial charge in [0, 0.05) is 28.8 Å². The van der Waals surface area contributed by atoms with E-state index >= 15 is 0 Å². The zero-order valence-corrected chi connectivity index (χ0v) is 22.0. The lowest BCUT2D eigenvalue weighted by Crippen LogP contribution is -2.42. The van der Waals surface area contributed by atoms with Crippen LogP contribution in [0.5, 0.6) is 0 Å². The predicted octanol–water partition coefficient (Wildman–Crippen LogP) is 4.37. The van der Waals surface area contributed by atoms with E-state index in [-0.39, 0.29) is 22.9 Å². The van der Waals surface area contributed by atoms with Gasteiger partial charge in [-0.3, -0.25) is 4.90 Å². The number of amides is 1. The van der Waals surface area contributed by atoms with Gasteiger partial charge in [-0.25, -0.2) is 22.4 Å². The summed E-state index contributed by atoms with van der Waals surface area (Å²) in [6.45, 7) is 2.28. The van der Waals surface area contributed by atoms with Crippen molar-refractivity contribution in [3.05, 3.63) is 59.0 Å². The summed E-state index contributed by atoms with van der Waals surface area (Å²) < 4.78 is 44.0. The van der Waals surface area contributed by atoms with E-state index in [1.54, 1.807) is 17.0 Å². The Morgan fingerprint density at radius 2 is 2.00 bits per heavy atom. The number of aromatic amines is 1. The molecule has 9 nitrogen and oxygen atoms in total. The molecule has 1 saturated heterocycles. The first-order valence-corrected chi connectivity index (χ1v) is 14.5. The highest BCUT2D eigenvalue weighted by atomic mass is 32.2. The second kappa shape index (κ2) is 9.39. The fourth-order valence-corrected chi connectivity index (χ4v) is 6.49. The fraction of sp³-hybridized carbons (Fsp3) is 0.407. The number of fused-ring (bicyclic) bond motifs is 1. The number of H-pyrrole nitrogens is 1. The Balaban J connectivity index is 1.55. The van der Waals surface area contributed by atoms with Crippen LogP contribution in [0.2, 0.25) is 0 Å². The highest BCUT2D eigenvalue weighted by molar-refractivity contribution is 7.89. The van der Waals surface area contributed by atoms with Gasteiger partial charge in [0.15, 0.2) is 9.84 Å². The summed E-state index contributed by atoms with van der Waals surface area (Å²) in [6, 6.07) is 9.04. The monoisotopic (exact) mass is 543 g/mol. The van der Waals surface area contributed by atoms with E-state index in [0.717, 1.165) is 25.2 Å². The van der Waals surface area contributed by atoms with Gasteiger partial charge in [-0.2, -0.15) is 0 Å². The van der Waals surface area contributed by atoms with Gasteiger partial charge >= 0.3 is 12.1 Å². The Morgan fingerprint density at radius 3 is 2.63 bits per heavy atom. The number of rotatable bonds is 6. The minimum atomic E-state index is -3.45. The molecule has 2 aromatic carbocycles. The normalized spacial score (nSPS) is 22.7. The number of aromatic carboxylic acids is 1. The van der Waals surface area contributed by atoms with E-state index < -0.39 is 45.1 Å². The first-order chi connectivity index (χ1) is 17.9. The van der Waals surface area contributed by atoms with Gasteiger partial charge < -0.3 is 20.6 Å². The number of para-hydroxylation sites is 1. The third-order valence-electron chi connectivity index (χ3n) is 7.70. The summed E-state index contributed by atoms with van der Waals surface area (Å²) in [4.78, 5) is 29.8. The molecule has 5 rings (SSSR count). The van der Waals surface area contributed by atoms with Crippen molar-refractivity contribution in [2.45, 2.75) is 56.0 Å². The lowest BCUT2D eigenvalue weighted by molar-refractivity contribution is 0.0218. The number of hydrogen-bond acceptors (Lipinski definition) is 6. The minimum Gasteiger partial charge on any atom is -0.477 e. The Hall–Kier alpha value is -3.44. The number of nitrogens with two attached hydrogens (primary N) is 1. The Morgan fingerprint density at radius 1 is 1.29 bits per heavy atom. The number of carbonyl (C=O) groups is 2. The molecule has 1 aliphatic heterocycles. The molecule has 2 heterocycles. The Labute approximate surface area is 219 Å². The van der Waals surface area contributed by atoms with Crippen molar-refractivity contribution in [2.24, 2.45) is 5.73 Å². The van der Waals surface area contributed by atoms with E-state index in [1.807, 2.05) is 13.0 Å². The maximum atomic E-state index is 14.9. The SMILES string of the molecule is CC(c1cccc2c(-c3ccc(CS(C)(=O)=O)c(F)c3)c(C(=O)O)[nH]c12)N1CC2(CCC(N)CC2)OC1=O. The van der Waals surface area contributed by atoms with Crippen molar-refractivity contribution in [3.63, 3.8) is 0 Å². The quantitative estimate of drug-likeness (QED) is 0.419. The first kappa shape index (κ1) is 26.2. The summed E-state index contributed by atoms with van der Waals surface area (Å²) in [5, 5.41) is 10.5. The summed E-state index contributed by atoms with van der Waals surface area (Å²) in [6.07, 6.45) is 3.57. The zero-order valence-electron chi connectivity index (χ0n) is 21.2. The molecule has 2 aliphatic rings. The van der Waals surface area contributed by atoms with Gasteiger partial charge in [-0.05, 0) is 49.8 Å².